The molecular formula is C16H18N2O2S. The lowest BCUT2D eigenvalue weighted by molar-refractivity contribution is 0.0529. The van der Waals surface area contributed by atoms with E-state index < -0.39 is 11.7 Å². The molecule has 5 heteroatoms. The van der Waals surface area contributed by atoms with E-state index in [2.05, 4.69) is 39.5 Å². The number of carbonyl (C=O) groups excluding carboxylic acids is 1. The molecule has 1 aromatic rings. The molecule has 21 heavy (non-hydrogen) atoms. The van der Waals surface area contributed by atoms with Crippen LogP contribution < -0.4 is 5.32 Å². The Kier molecular flexibility index (Phi) is 6.61. The summed E-state index contributed by atoms with van der Waals surface area (Å²) in [4.78, 5) is 15.4. The number of isothiocyanates is 1. The van der Waals surface area contributed by atoms with Crippen LogP contribution >= 0.6 is 12.2 Å². The highest BCUT2D eigenvalue weighted by molar-refractivity contribution is 7.78. The molecule has 110 valence electrons. The fourth-order valence-electron chi connectivity index (χ4n) is 1.42. The third-order valence-electron chi connectivity index (χ3n) is 2.21. The van der Waals surface area contributed by atoms with Crippen molar-refractivity contribution in [2.45, 2.75) is 32.8 Å². The van der Waals surface area contributed by atoms with Gasteiger partial charge in [0.1, 0.15) is 5.60 Å². The van der Waals surface area contributed by atoms with Crippen LogP contribution in [-0.2, 0) is 4.74 Å². The van der Waals surface area contributed by atoms with Gasteiger partial charge in [0.05, 0.1) is 16.4 Å². The van der Waals surface area contributed by atoms with E-state index in [0.717, 1.165) is 5.56 Å². The van der Waals surface area contributed by atoms with Gasteiger partial charge < -0.3 is 10.1 Å². The van der Waals surface area contributed by atoms with Gasteiger partial charge in [0.25, 0.3) is 0 Å². The van der Waals surface area contributed by atoms with Crippen molar-refractivity contribution in [3.63, 3.8) is 0 Å². The Balaban J connectivity index is 2.47. The number of thiocarbonyl (C=S) groups is 1. The van der Waals surface area contributed by atoms with Gasteiger partial charge in [0.15, 0.2) is 0 Å². The van der Waals surface area contributed by atoms with Crippen molar-refractivity contribution < 1.29 is 9.53 Å². The van der Waals surface area contributed by atoms with E-state index in [1.165, 1.54) is 0 Å². The first-order valence-corrected chi connectivity index (χ1v) is 6.96. The summed E-state index contributed by atoms with van der Waals surface area (Å²) < 4.78 is 5.12. The summed E-state index contributed by atoms with van der Waals surface area (Å²) in [5.41, 5.74) is 0.986. The summed E-state index contributed by atoms with van der Waals surface area (Å²) in [7, 11) is 0. The van der Waals surface area contributed by atoms with E-state index in [1.807, 2.05) is 45.0 Å². The molecule has 0 unspecified atom stereocenters. The first kappa shape index (κ1) is 16.9. The van der Waals surface area contributed by atoms with Crippen LogP contribution in [0.5, 0.6) is 0 Å². The predicted octanol–water partition coefficient (Wildman–Crippen LogP) is 3.69. The second kappa shape index (κ2) is 8.21. The van der Waals surface area contributed by atoms with Crippen molar-refractivity contribution in [3.8, 4) is 11.8 Å². The average molecular weight is 302 g/mol. The minimum atomic E-state index is -0.493. The molecule has 1 N–H and O–H groups in total. The van der Waals surface area contributed by atoms with Gasteiger partial charge in [-0.2, -0.15) is 4.99 Å². The standard InChI is InChI=1S/C16H18N2O2S/c1-16(2,3)20-15(19)17-11-7-6-9-13-8-4-5-10-14(13)18-12-21/h4-5,8,10H,7,11H2,1-3H3,(H,17,19). The largest absolute Gasteiger partial charge is 0.444 e. The molecule has 0 saturated carbocycles. The quantitative estimate of drug-likeness (QED) is 0.401. The molecule has 1 aromatic carbocycles. The van der Waals surface area contributed by atoms with Gasteiger partial charge in [0, 0.05) is 13.0 Å². The Morgan fingerprint density at radius 2 is 2.10 bits per heavy atom. The van der Waals surface area contributed by atoms with E-state index >= 15 is 0 Å². The van der Waals surface area contributed by atoms with Crippen LogP contribution in [0.4, 0.5) is 10.5 Å². The molecule has 0 saturated heterocycles. The Hall–Kier alpha value is -2.15. The zero-order valence-electron chi connectivity index (χ0n) is 12.4. The number of amides is 1. The molecule has 0 radical (unpaired) electrons. The topological polar surface area (TPSA) is 50.7 Å². The zero-order chi connectivity index (χ0) is 15.7. The number of nitrogens with zero attached hydrogens (tertiary/aromatic N) is 1. The number of carbonyl (C=O) groups is 1. The Morgan fingerprint density at radius 3 is 2.76 bits per heavy atom. The first-order chi connectivity index (χ1) is 9.92. The number of rotatable bonds is 3. The number of aliphatic imine (C=N–C) groups is 1. The minimum Gasteiger partial charge on any atom is -0.444 e. The van der Waals surface area contributed by atoms with E-state index in [-0.39, 0.29) is 0 Å². The maximum Gasteiger partial charge on any atom is 0.407 e. The van der Waals surface area contributed by atoms with Gasteiger partial charge in [-0.25, -0.2) is 4.79 Å². The highest BCUT2D eigenvalue weighted by Crippen LogP contribution is 2.16. The van der Waals surface area contributed by atoms with Gasteiger partial charge in [-0.1, -0.05) is 24.0 Å². The molecular weight excluding hydrogens is 284 g/mol. The molecule has 1 rings (SSSR count). The highest BCUT2D eigenvalue weighted by Gasteiger charge is 2.15. The molecule has 0 aliphatic heterocycles. The Labute approximate surface area is 130 Å². The van der Waals surface area contributed by atoms with E-state index in [9.17, 15) is 4.79 Å². The first-order valence-electron chi connectivity index (χ1n) is 6.55. The lowest BCUT2D eigenvalue weighted by Crippen LogP contribution is -2.32. The molecule has 0 fully saturated rings. The summed E-state index contributed by atoms with van der Waals surface area (Å²) in [5.74, 6) is 5.97. The monoisotopic (exact) mass is 302 g/mol. The van der Waals surface area contributed by atoms with Crippen LogP contribution in [0.3, 0.4) is 0 Å². The van der Waals surface area contributed by atoms with E-state index in [4.69, 9.17) is 4.74 Å². The Bertz CT molecular complexity index is 603. The lowest BCUT2D eigenvalue weighted by Gasteiger charge is -2.19. The summed E-state index contributed by atoms with van der Waals surface area (Å²) >= 11 is 4.59. The SMILES string of the molecule is CC(C)(C)OC(=O)NCCC#Cc1ccccc1N=C=S. The van der Waals surface area contributed by atoms with Gasteiger partial charge in [-0.15, -0.1) is 0 Å². The van der Waals surface area contributed by atoms with Crippen LogP contribution in [0.2, 0.25) is 0 Å². The number of alkyl carbamates (subject to hydrolysis) is 1. The van der Waals surface area contributed by atoms with Gasteiger partial charge in [-0.05, 0) is 45.1 Å². The summed E-state index contributed by atoms with van der Waals surface area (Å²) in [6.45, 7) is 5.89. The van der Waals surface area contributed by atoms with Gasteiger partial charge in [0.2, 0.25) is 0 Å². The summed E-state index contributed by atoms with van der Waals surface area (Å²) in [5, 5.41) is 4.98. The normalized spacial score (nSPS) is 9.86. The number of para-hydroxylation sites is 1. The highest BCUT2D eigenvalue weighted by atomic mass is 32.1. The molecule has 0 spiro atoms. The predicted molar refractivity (Wildman–Crippen MR) is 86.9 cm³/mol. The third kappa shape index (κ3) is 7.26. The van der Waals surface area contributed by atoms with Gasteiger partial charge in [-0.3, -0.25) is 0 Å². The van der Waals surface area contributed by atoms with E-state index in [0.29, 0.717) is 18.7 Å². The molecule has 0 aliphatic carbocycles. The maximum atomic E-state index is 11.4. The van der Waals surface area contributed by atoms with Crippen LogP contribution in [0.25, 0.3) is 0 Å². The number of benzene rings is 1. The third-order valence-corrected chi connectivity index (χ3v) is 2.30. The van der Waals surface area contributed by atoms with Crippen molar-refractivity contribution in [1.82, 2.24) is 5.32 Å². The smallest absolute Gasteiger partial charge is 0.407 e. The molecule has 4 nitrogen and oxygen atoms in total. The van der Waals surface area contributed by atoms with Crippen LogP contribution in [0.1, 0.15) is 32.8 Å². The maximum absolute atomic E-state index is 11.4. The molecule has 0 bridgehead atoms. The number of ether oxygens (including phenoxy) is 1. The fourth-order valence-corrected chi connectivity index (χ4v) is 1.52. The second-order valence-corrected chi connectivity index (χ2v) is 5.38. The molecule has 0 heterocycles. The van der Waals surface area contributed by atoms with E-state index in [1.54, 1.807) is 0 Å². The zero-order valence-corrected chi connectivity index (χ0v) is 13.2. The van der Waals surface area contributed by atoms with Crippen LogP contribution in [-0.4, -0.2) is 23.4 Å². The van der Waals surface area contributed by atoms with Crippen molar-refractivity contribution in [1.29, 1.82) is 0 Å². The molecule has 1 amide bonds. The fraction of sp³-hybridized carbons (Fsp3) is 0.375. The van der Waals surface area contributed by atoms with Gasteiger partial charge >= 0.3 is 6.09 Å². The van der Waals surface area contributed by atoms with Crippen molar-refractivity contribution in [3.05, 3.63) is 29.8 Å². The average Bonchev–Trinajstić information content (AvgIpc) is 2.38. The molecule has 0 aromatic heterocycles. The Morgan fingerprint density at radius 1 is 1.38 bits per heavy atom. The minimum absolute atomic E-state index is 0.431. The molecule has 0 aliphatic rings. The number of nitrogens with one attached hydrogen (secondary N) is 1. The summed E-state index contributed by atoms with van der Waals surface area (Å²) in [6, 6.07) is 7.42. The number of hydrogen-bond acceptors (Lipinski definition) is 4. The second-order valence-electron chi connectivity index (χ2n) is 5.20. The summed E-state index contributed by atoms with van der Waals surface area (Å²) in [6.07, 6.45) is 0.0875. The lowest BCUT2D eigenvalue weighted by atomic mass is 10.2. The van der Waals surface area contributed by atoms with Crippen LogP contribution in [0, 0.1) is 11.8 Å². The molecule has 0 atom stereocenters. The van der Waals surface area contributed by atoms with Crippen molar-refractivity contribution in [2.75, 3.05) is 6.54 Å². The number of hydrogen-bond donors (Lipinski definition) is 1. The van der Waals surface area contributed by atoms with Crippen molar-refractivity contribution >= 4 is 29.2 Å². The van der Waals surface area contributed by atoms with Crippen LogP contribution in [0.15, 0.2) is 29.3 Å². The van der Waals surface area contributed by atoms with Crippen molar-refractivity contribution in [2.24, 2.45) is 4.99 Å².